The van der Waals surface area contributed by atoms with Gasteiger partial charge in [-0.1, -0.05) is 51.1 Å². The van der Waals surface area contributed by atoms with Crippen molar-refractivity contribution in [2.24, 2.45) is 5.92 Å². The molecule has 4 heteroatoms. The molecule has 1 saturated heterocycles. The van der Waals surface area contributed by atoms with Crippen LogP contribution in [0.1, 0.15) is 64.8 Å². The summed E-state index contributed by atoms with van der Waals surface area (Å²) in [6, 6.07) is 15.3. The summed E-state index contributed by atoms with van der Waals surface area (Å²) in [5.41, 5.74) is 4.45. The van der Waals surface area contributed by atoms with Crippen LogP contribution in [0.2, 0.25) is 0 Å². The van der Waals surface area contributed by atoms with E-state index in [4.69, 9.17) is 4.98 Å². The number of fused-ring (bicyclic) bond motifs is 1. The predicted octanol–water partition coefficient (Wildman–Crippen LogP) is 5.87. The summed E-state index contributed by atoms with van der Waals surface area (Å²) in [6.07, 6.45) is 3.41. The molecule has 2 heterocycles. The highest BCUT2D eigenvalue weighted by atomic mass is 16.1. The van der Waals surface area contributed by atoms with Crippen LogP contribution in [-0.4, -0.2) is 33.6 Å². The van der Waals surface area contributed by atoms with Crippen LogP contribution in [0.5, 0.6) is 0 Å². The molecular weight excluding hydrogens is 394 g/mol. The number of nitrogens with zero attached hydrogens (tertiary/aromatic N) is 3. The van der Waals surface area contributed by atoms with E-state index in [1.54, 1.807) is 0 Å². The molecule has 0 spiro atoms. The Bertz CT molecular complexity index is 1130. The molecule has 0 aliphatic carbocycles. The molecule has 4 rings (SSSR count). The van der Waals surface area contributed by atoms with Crippen LogP contribution in [0.15, 0.2) is 47.3 Å². The molecule has 1 unspecified atom stereocenters. The highest BCUT2D eigenvalue weighted by molar-refractivity contribution is 5.84. The van der Waals surface area contributed by atoms with Crippen LogP contribution in [0.3, 0.4) is 0 Å². The van der Waals surface area contributed by atoms with Crippen molar-refractivity contribution in [3.05, 3.63) is 64.2 Å². The Kier molecular flexibility index (Phi) is 6.80. The van der Waals surface area contributed by atoms with E-state index in [1.807, 2.05) is 16.7 Å². The van der Waals surface area contributed by atoms with E-state index in [2.05, 4.69) is 69.9 Å². The van der Waals surface area contributed by atoms with E-state index in [0.717, 1.165) is 53.9 Å². The number of likely N-dealkylation sites (tertiary alicyclic amines) is 1. The Morgan fingerprint density at radius 1 is 1.03 bits per heavy atom. The predicted molar refractivity (Wildman–Crippen MR) is 134 cm³/mol. The van der Waals surface area contributed by atoms with Crippen LogP contribution >= 0.6 is 0 Å². The minimum atomic E-state index is 0.104. The summed E-state index contributed by atoms with van der Waals surface area (Å²) in [5, 5.41) is 0.725. The average molecular weight is 432 g/mol. The molecule has 1 atom stereocenters. The normalized spacial score (nSPS) is 17.5. The maximum absolute atomic E-state index is 13.7. The molecule has 32 heavy (non-hydrogen) atoms. The zero-order chi connectivity index (χ0) is 22.8. The Labute approximate surface area is 192 Å². The van der Waals surface area contributed by atoms with Crippen molar-refractivity contribution < 1.29 is 0 Å². The Hall–Kier alpha value is -2.46. The van der Waals surface area contributed by atoms with Gasteiger partial charge in [0.1, 0.15) is 5.82 Å². The van der Waals surface area contributed by atoms with Crippen molar-refractivity contribution in [3.8, 4) is 11.1 Å². The second-order valence-electron chi connectivity index (χ2n) is 9.92. The van der Waals surface area contributed by atoms with Crippen LogP contribution in [0.25, 0.3) is 22.0 Å². The summed E-state index contributed by atoms with van der Waals surface area (Å²) in [5.74, 6) is 1.60. The van der Waals surface area contributed by atoms with E-state index in [9.17, 15) is 4.79 Å². The van der Waals surface area contributed by atoms with Gasteiger partial charge in [-0.05, 0) is 74.4 Å². The third-order valence-corrected chi connectivity index (χ3v) is 6.92. The molecule has 1 aliphatic rings. The molecule has 2 aromatic carbocycles. The Morgan fingerprint density at radius 2 is 1.75 bits per heavy atom. The zero-order valence-electron chi connectivity index (χ0n) is 20.3. The quantitative estimate of drug-likeness (QED) is 0.490. The van der Waals surface area contributed by atoms with Gasteiger partial charge in [0, 0.05) is 25.0 Å². The molecule has 0 radical (unpaired) electrons. The first-order valence-electron chi connectivity index (χ1n) is 12.2. The first-order valence-corrected chi connectivity index (χ1v) is 12.2. The summed E-state index contributed by atoms with van der Waals surface area (Å²) in [7, 11) is 0. The fourth-order valence-electron chi connectivity index (χ4n) is 4.94. The van der Waals surface area contributed by atoms with Crippen LogP contribution in [0.4, 0.5) is 0 Å². The first kappa shape index (κ1) is 22.7. The van der Waals surface area contributed by atoms with Gasteiger partial charge in [0.2, 0.25) is 0 Å². The van der Waals surface area contributed by atoms with Gasteiger partial charge < -0.3 is 4.90 Å². The van der Waals surface area contributed by atoms with Crippen molar-refractivity contribution in [1.82, 2.24) is 14.5 Å². The lowest BCUT2D eigenvalue weighted by Crippen LogP contribution is -2.42. The molecule has 0 amide bonds. The van der Waals surface area contributed by atoms with E-state index in [0.29, 0.717) is 12.0 Å². The van der Waals surface area contributed by atoms with E-state index in [1.165, 1.54) is 18.4 Å². The topological polar surface area (TPSA) is 38.1 Å². The lowest BCUT2D eigenvalue weighted by molar-refractivity contribution is 0.129. The number of piperidine rings is 1. The van der Waals surface area contributed by atoms with Crippen molar-refractivity contribution >= 4 is 10.9 Å². The molecule has 1 fully saturated rings. The van der Waals surface area contributed by atoms with E-state index in [-0.39, 0.29) is 11.5 Å². The zero-order valence-corrected chi connectivity index (χ0v) is 20.3. The summed E-state index contributed by atoms with van der Waals surface area (Å²) in [6.45, 7) is 13.9. The second kappa shape index (κ2) is 9.58. The minimum absolute atomic E-state index is 0.104. The summed E-state index contributed by atoms with van der Waals surface area (Å²) >= 11 is 0. The van der Waals surface area contributed by atoms with E-state index >= 15 is 0 Å². The van der Waals surface area contributed by atoms with Gasteiger partial charge >= 0.3 is 0 Å². The maximum Gasteiger partial charge on any atom is 0.261 e. The smallest absolute Gasteiger partial charge is 0.261 e. The van der Waals surface area contributed by atoms with Crippen LogP contribution in [0, 0.1) is 5.92 Å². The second-order valence-corrected chi connectivity index (χ2v) is 9.92. The highest BCUT2D eigenvalue weighted by Gasteiger charge is 2.24. The van der Waals surface area contributed by atoms with Crippen molar-refractivity contribution in [2.75, 3.05) is 13.1 Å². The first-order chi connectivity index (χ1) is 15.4. The number of benzene rings is 2. The number of hydrogen-bond donors (Lipinski definition) is 0. The minimum Gasteiger partial charge on any atom is -0.301 e. The van der Waals surface area contributed by atoms with E-state index < -0.39 is 0 Å². The molecule has 1 aliphatic heterocycles. The van der Waals surface area contributed by atoms with Gasteiger partial charge in [-0.15, -0.1) is 0 Å². The average Bonchev–Trinajstić information content (AvgIpc) is 2.80. The molecule has 0 saturated carbocycles. The highest BCUT2D eigenvalue weighted by Crippen LogP contribution is 2.26. The van der Waals surface area contributed by atoms with Crippen molar-refractivity contribution in [3.63, 3.8) is 0 Å². The number of aryl methyl sites for hydroxylation is 1. The monoisotopic (exact) mass is 431 g/mol. The van der Waals surface area contributed by atoms with Gasteiger partial charge in [-0.3, -0.25) is 9.36 Å². The molecule has 0 N–H and O–H groups in total. The third kappa shape index (κ3) is 4.66. The molecule has 0 bridgehead atoms. The Morgan fingerprint density at radius 3 is 2.41 bits per heavy atom. The molecule has 1 aromatic heterocycles. The SMILES string of the molecule is CCc1ccc(-c2ccc3nc(C(C)C)n(CC4CCCN(C(C)C)C4)c(=O)c3c2)cc1. The van der Waals surface area contributed by atoms with Gasteiger partial charge in [-0.2, -0.15) is 0 Å². The maximum atomic E-state index is 13.7. The Balaban J connectivity index is 1.74. The largest absolute Gasteiger partial charge is 0.301 e. The van der Waals surface area contributed by atoms with Crippen LogP contribution in [-0.2, 0) is 13.0 Å². The van der Waals surface area contributed by atoms with Gasteiger partial charge in [0.15, 0.2) is 0 Å². The lowest BCUT2D eigenvalue weighted by atomic mass is 9.96. The third-order valence-electron chi connectivity index (χ3n) is 6.92. The standard InChI is InChI=1S/C28H37N3O/c1-6-21-9-11-23(12-10-21)24-13-14-26-25(16-24)28(32)31(27(29-26)19(2)3)18-22-8-7-15-30(17-22)20(4)5/h9-14,16,19-20,22H,6-8,15,17-18H2,1-5H3. The van der Waals surface area contributed by atoms with Crippen molar-refractivity contribution in [1.29, 1.82) is 0 Å². The van der Waals surface area contributed by atoms with Gasteiger partial charge in [0.25, 0.3) is 5.56 Å². The van der Waals surface area contributed by atoms with Crippen molar-refractivity contribution in [2.45, 2.75) is 72.4 Å². The number of hydrogen-bond acceptors (Lipinski definition) is 3. The van der Waals surface area contributed by atoms with Gasteiger partial charge in [-0.25, -0.2) is 4.98 Å². The summed E-state index contributed by atoms with van der Waals surface area (Å²) < 4.78 is 1.98. The fourth-order valence-corrected chi connectivity index (χ4v) is 4.94. The molecular formula is C28H37N3O. The fraction of sp³-hybridized carbons (Fsp3) is 0.500. The lowest BCUT2D eigenvalue weighted by Gasteiger charge is -2.36. The van der Waals surface area contributed by atoms with Gasteiger partial charge in [0.05, 0.1) is 10.9 Å². The molecule has 4 nitrogen and oxygen atoms in total. The number of aromatic nitrogens is 2. The molecule has 170 valence electrons. The van der Waals surface area contributed by atoms with Crippen LogP contribution < -0.4 is 5.56 Å². The summed E-state index contributed by atoms with van der Waals surface area (Å²) in [4.78, 5) is 21.2. The number of rotatable bonds is 6. The molecule has 3 aromatic rings.